The van der Waals surface area contributed by atoms with Gasteiger partial charge in [-0.25, -0.2) is 0 Å². The number of furan rings is 1. The molecule has 1 amide bonds. The highest BCUT2D eigenvalue weighted by molar-refractivity contribution is 7.71. The third-order valence-corrected chi connectivity index (χ3v) is 4.29. The summed E-state index contributed by atoms with van der Waals surface area (Å²) in [5, 5.41) is 10.0. The SMILES string of the molecule is CC(C)c1n[nH]c(=S)n1CCNC(=O)[C@H]1C[C@H]1c1ccco1. The number of aromatic amines is 1. The van der Waals surface area contributed by atoms with Gasteiger partial charge in [0, 0.05) is 30.8 Å². The first-order valence-electron chi connectivity index (χ1n) is 7.54. The summed E-state index contributed by atoms with van der Waals surface area (Å²) in [6.07, 6.45) is 2.51. The Bertz CT molecular complexity index is 701. The van der Waals surface area contributed by atoms with Crippen LogP contribution < -0.4 is 5.32 Å². The fourth-order valence-corrected chi connectivity index (χ4v) is 2.94. The molecule has 0 aliphatic heterocycles. The Labute approximate surface area is 133 Å². The first-order chi connectivity index (χ1) is 10.6. The molecule has 1 fully saturated rings. The van der Waals surface area contributed by atoms with Crippen molar-refractivity contribution in [3.63, 3.8) is 0 Å². The van der Waals surface area contributed by atoms with Crippen molar-refractivity contribution in [3.8, 4) is 0 Å². The van der Waals surface area contributed by atoms with Gasteiger partial charge in [-0.3, -0.25) is 9.89 Å². The minimum atomic E-state index is 0.0352. The van der Waals surface area contributed by atoms with E-state index in [2.05, 4.69) is 29.4 Å². The molecule has 0 unspecified atom stereocenters. The van der Waals surface area contributed by atoms with Gasteiger partial charge in [0.2, 0.25) is 5.91 Å². The Balaban J connectivity index is 1.51. The average molecular weight is 320 g/mol. The summed E-state index contributed by atoms with van der Waals surface area (Å²) in [4.78, 5) is 12.1. The van der Waals surface area contributed by atoms with Gasteiger partial charge in [-0.2, -0.15) is 5.10 Å². The predicted molar refractivity (Wildman–Crippen MR) is 84.1 cm³/mol. The third-order valence-electron chi connectivity index (χ3n) is 3.97. The fraction of sp³-hybridized carbons (Fsp3) is 0.533. The highest BCUT2D eigenvalue weighted by atomic mass is 32.1. The first-order valence-corrected chi connectivity index (χ1v) is 7.95. The van der Waals surface area contributed by atoms with Gasteiger partial charge < -0.3 is 14.3 Å². The molecule has 2 atom stereocenters. The van der Waals surface area contributed by atoms with E-state index in [1.54, 1.807) is 6.26 Å². The zero-order valence-electron chi connectivity index (χ0n) is 12.7. The predicted octanol–water partition coefficient (Wildman–Crippen LogP) is 2.58. The lowest BCUT2D eigenvalue weighted by atomic mass is 10.2. The molecule has 2 N–H and O–H groups in total. The number of carbonyl (C=O) groups excluding carboxylic acids is 1. The Morgan fingerprint density at radius 1 is 1.64 bits per heavy atom. The molecule has 0 bridgehead atoms. The number of aromatic nitrogens is 3. The zero-order chi connectivity index (χ0) is 15.7. The maximum Gasteiger partial charge on any atom is 0.223 e. The minimum absolute atomic E-state index is 0.0352. The van der Waals surface area contributed by atoms with Crippen LogP contribution in [0.1, 0.15) is 43.7 Å². The van der Waals surface area contributed by atoms with Crippen molar-refractivity contribution in [1.82, 2.24) is 20.1 Å². The van der Waals surface area contributed by atoms with Gasteiger partial charge in [-0.15, -0.1) is 0 Å². The quantitative estimate of drug-likeness (QED) is 0.802. The van der Waals surface area contributed by atoms with Crippen LogP contribution in [0.15, 0.2) is 22.8 Å². The van der Waals surface area contributed by atoms with Crippen LogP contribution in [-0.4, -0.2) is 27.2 Å². The second-order valence-corrected chi connectivity index (χ2v) is 6.34. The summed E-state index contributed by atoms with van der Waals surface area (Å²) in [6, 6.07) is 3.79. The van der Waals surface area contributed by atoms with Gasteiger partial charge in [0.25, 0.3) is 0 Å². The molecule has 1 saturated carbocycles. The van der Waals surface area contributed by atoms with Crippen LogP contribution in [-0.2, 0) is 11.3 Å². The second-order valence-electron chi connectivity index (χ2n) is 5.95. The maximum atomic E-state index is 12.1. The molecule has 6 nitrogen and oxygen atoms in total. The van der Waals surface area contributed by atoms with Crippen LogP contribution in [0.25, 0.3) is 0 Å². The van der Waals surface area contributed by atoms with E-state index in [0.717, 1.165) is 18.0 Å². The van der Waals surface area contributed by atoms with E-state index in [9.17, 15) is 4.79 Å². The monoisotopic (exact) mass is 320 g/mol. The number of nitrogens with one attached hydrogen (secondary N) is 2. The fourth-order valence-electron chi connectivity index (χ4n) is 2.71. The van der Waals surface area contributed by atoms with Crippen LogP contribution in [0.5, 0.6) is 0 Å². The molecular formula is C15H20N4O2S. The van der Waals surface area contributed by atoms with E-state index in [1.807, 2.05) is 16.7 Å². The lowest BCUT2D eigenvalue weighted by Crippen LogP contribution is -2.29. The van der Waals surface area contributed by atoms with Crippen molar-refractivity contribution in [2.75, 3.05) is 6.54 Å². The molecule has 0 saturated heterocycles. The number of hydrogen-bond acceptors (Lipinski definition) is 4. The van der Waals surface area contributed by atoms with Crippen LogP contribution >= 0.6 is 12.2 Å². The van der Waals surface area contributed by atoms with Crippen LogP contribution in [0.3, 0.4) is 0 Å². The number of H-pyrrole nitrogens is 1. The summed E-state index contributed by atoms with van der Waals surface area (Å²) >= 11 is 5.23. The molecule has 0 radical (unpaired) electrons. The molecule has 0 spiro atoms. The zero-order valence-corrected chi connectivity index (χ0v) is 13.5. The van der Waals surface area contributed by atoms with E-state index < -0.39 is 0 Å². The molecule has 2 aromatic rings. The van der Waals surface area contributed by atoms with E-state index in [4.69, 9.17) is 16.6 Å². The molecule has 1 aliphatic carbocycles. The highest BCUT2D eigenvalue weighted by Gasteiger charge is 2.45. The Hall–Kier alpha value is -1.89. The van der Waals surface area contributed by atoms with Crippen molar-refractivity contribution in [2.45, 2.75) is 38.6 Å². The summed E-state index contributed by atoms with van der Waals surface area (Å²) in [5.41, 5.74) is 0. The molecular weight excluding hydrogens is 300 g/mol. The average Bonchev–Trinajstić information content (AvgIpc) is 2.92. The standard InChI is InChI=1S/C15H20N4O2S/c1-9(2)13-17-18-15(22)19(13)6-5-16-14(20)11-8-10(11)12-4-3-7-21-12/h3-4,7,9-11H,5-6,8H2,1-2H3,(H,16,20)(H,18,22)/t10-,11+/m1/s1. The van der Waals surface area contributed by atoms with E-state index in [0.29, 0.717) is 17.9 Å². The van der Waals surface area contributed by atoms with Crippen molar-refractivity contribution in [3.05, 3.63) is 34.8 Å². The molecule has 2 heterocycles. The largest absolute Gasteiger partial charge is 0.469 e. The van der Waals surface area contributed by atoms with Gasteiger partial charge in [0.15, 0.2) is 4.77 Å². The van der Waals surface area contributed by atoms with E-state index in [1.165, 1.54) is 0 Å². The summed E-state index contributed by atoms with van der Waals surface area (Å²) < 4.78 is 7.89. The third kappa shape index (κ3) is 2.99. The molecule has 1 aliphatic rings. The van der Waals surface area contributed by atoms with Crippen LogP contribution in [0.2, 0.25) is 0 Å². The summed E-state index contributed by atoms with van der Waals surface area (Å²) in [6.45, 7) is 5.32. The van der Waals surface area contributed by atoms with Gasteiger partial charge in [-0.1, -0.05) is 13.8 Å². The topological polar surface area (TPSA) is 75.8 Å². The highest BCUT2D eigenvalue weighted by Crippen LogP contribution is 2.47. The molecule has 7 heteroatoms. The number of amides is 1. The normalized spacial score (nSPS) is 20.3. The first kappa shape index (κ1) is 15.0. The Kier molecular flexibility index (Phi) is 4.15. The van der Waals surface area contributed by atoms with Crippen molar-refractivity contribution < 1.29 is 9.21 Å². The number of rotatable bonds is 6. The number of carbonyl (C=O) groups is 1. The Morgan fingerprint density at radius 2 is 2.45 bits per heavy atom. The number of hydrogen-bond donors (Lipinski definition) is 2. The molecule has 22 heavy (non-hydrogen) atoms. The maximum absolute atomic E-state index is 12.1. The van der Waals surface area contributed by atoms with E-state index in [-0.39, 0.29) is 23.7 Å². The van der Waals surface area contributed by atoms with Gasteiger partial charge in [0.05, 0.1) is 6.26 Å². The van der Waals surface area contributed by atoms with Crippen molar-refractivity contribution in [1.29, 1.82) is 0 Å². The molecule has 3 rings (SSSR count). The van der Waals surface area contributed by atoms with Crippen molar-refractivity contribution in [2.24, 2.45) is 5.92 Å². The lowest BCUT2D eigenvalue weighted by molar-refractivity contribution is -0.122. The Morgan fingerprint density at radius 3 is 3.14 bits per heavy atom. The summed E-state index contributed by atoms with van der Waals surface area (Å²) in [5.74, 6) is 2.46. The second kappa shape index (κ2) is 6.08. The molecule has 0 aromatic carbocycles. The van der Waals surface area contributed by atoms with Gasteiger partial charge in [-0.05, 0) is 30.8 Å². The lowest BCUT2D eigenvalue weighted by Gasteiger charge is -2.10. The summed E-state index contributed by atoms with van der Waals surface area (Å²) in [7, 11) is 0. The smallest absolute Gasteiger partial charge is 0.223 e. The van der Waals surface area contributed by atoms with Crippen molar-refractivity contribution >= 4 is 18.1 Å². The molecule has 118 valence electrons. The van der Waals surface area contributed by atoms with E-state index >= 15 is 0 Å². The van der Waals surface area contributed by atoms with Gasteiger partial charge >= 0.3 is 0 Å². The minimum Gasteiger partial charge on any atom is -0.469 e. The van der Waals surface area contributed by atoms with Crippen LogP contribution in [0, 0.1) is 10.7 Å². The van der Waals surface area contributed by atoms with Crippen LogP contribution in [0.4, 0.5) is 0 Å². The van der Waals surface area contributed by atoms with Gasteiger partial charge in [0.1, 0.15) is 11.6 Å². The molecule has 2 aromatic heterocycles. The number of nitrogens with zero attached hydrogens (tertiary/aromatic N) is 2.